The van der Waals surface area contributed by atoms with Gasteiger partial charge in [0.1, 0.15) is 0 Å². The number of hydrogen-bond donors (Lipinski definition) is 1. The highest BCUT2D eigenvalue weighted by Gasteiger charge is 2.18. The smallest absolute Gasteiger partial charge is 0.276 e. The molecular formula is C12H12N4O4S. The molecule has 0 saturated heterocycles. The predicted molar refractivity (Wildman–Crippen MR) is 75.1 cm³/mol. The molecule has 0 aliphatic carbocycles. The Kier molecular flexibility index (Phi) is 4.53. The van der Waals surface area contributed by atoms with E-state index in [-0.39, 0.29) is 23.7 Å². The van der Waals surface area contributed by atoms with E-state index in [2.05, 4.69) is 15.5 Å². The second-order valence-electron chi connectivity index (χ2n) is 4.06. The molecule has 1 aromatic carbocycles. The molecule has 8 nitrogen and oxygen atoms in total. The molecule has 2 rings (SSSR count). The Hall–Kier alpha value is -2.42. The van der Waals surface area contributed by atoms with Crippen LogP contribution in [0.25, 0.3) is 0 Å². The molecule has 0 aliphatic heterocycles. The molecule has 0 fully saturated rings. The highest BCUT2D eigenvalue weighted by molar-refractivity contribution is 7.98. The first kappa shape index (κ1) is 15.0. The number of carbonyl (C=O) groups excluding carboxylic acids is 1. The molecule has 0 bridgehead atoms. The third-order valence-corrected chi connectivity index (χ3v) is 3.28. The number of nitro benzene ring substituents is 1. The molecule has 9 heteroatoms. The van der Waals surface area contributed by atoms with Crippen LogP contribution in [0, 0.1) is 17.0 Å². The van der Waals surface area contributed by atoms with Gasteiger partial charge in [0.15, 0.2) is 0 Å². The van der Waals surface area contributed by atoms with Crippen LogP contribution in [0.1, 0.15) is 21.8 Å². The fourth-order valence-electron chi connectivity index (χ4n) is 1.71. The number of hydrogen-bond acceptors (Lipinski definition) is 7. The van der Waals surface area contributed by atoms with E-state index in [0.717, 1.165) is 0 Å². The van der Waals surface area contributed by atoms with Crippen LogP contribution in [0.15, 0.2) is 27.8 Å². The Balaban J connectivity index is 2.10. The summed E-state index contributed by atoms with van der Waals surface area (Å²) in [6.45, 7) is 1.60. The average molecular weight is 308 g/mol. The first-order valence-corrected chi connectivity index (χ1v) is 7.14. The van der Waals surface area contributed by atoms with Crippen molar-refractivity contribution in [3.8, 4) is 0 Å². The van der Waals surface area contributed by atoms with Crippen LogP contribution in [-0.2, 0) is 6.54 Å². The summed E-state index contributed by atoms with van der Waals surface area (Å²) in [5.74, 6) is -0.157. The Labute approximate surface area is 124 Å². The molecule has 1 N–H and O–H groups in total. The monoisotopic (exact) mass is 308 g/mol. The molecule has 1 heterocycles. The molecule has 2 aromatic rings. The average Bonchev–Trinajstić information content (AvgIpc) is 2.92. The maximum atomic E-state index is 12.1. The maximum absolute atomic E-state index is 12.1. The second kappa shape index (κ2) is 6.35. The van der Waals surface area contributed by atoms with Gasteiger partial charge < -0.3 is 9.73 Å². The number of carbonyl (C=O) groups is 1. The molecule has 0 aliphatic rings. The highest BCUT2D eigenvalue weighted by atomic mass is 32.2. The van der Waals surface area contributed by atoms with E-state index in [1.165, 1.54) is 36.9 Å². The van der Waals surface area contributed by atoms with Crippen molar-refractivity contribution in [2.75, 3.05) is 6.26 Å². The van der Waals surface area contributed by atoms with Crippen molar-refractivity contribution in [2.45, 2.75) is 18.7 Å². The van der Waals surface area contributed by atoms with Crippen molar-refractivity contribution >= 4 is 23.4 Å². The molecular weight excluding hydrogens is 296 g/mol. The van der Waals surface area contributed by atoms with Gasteiger partial charge in [-0.3, -0.25) is 14.9 Å². The number of thioether (sulfide) groups is 1. The summed E-state index contributed by atoms with van der Waals surface area (Å²) in [7, 11) is 0. The van der Waals surface area contributed by atoms with Gasteiger partial charge in [0.2, 0.25) is 5.89 Å². The highest BCUT2D eigenvalue weighted by Crippen LogP contribution is 2.21. The minimum Gasteiger partial charge on any atom is -0.414 e. The normalized spacial score (nSPS) is 10.4. The quantitative estimate of drug-likeness (QED) is 0.510. The Morgan fingerprint density at radius 3 is 2.86 bits per heavy atom. The van der Waals surface area contributed by atoms with Crippen molar-refractivity contribution < 1.29 is 14.1 Å². The molecule has 21 heavy (non-hydrogen) atoms. The van der Waals surface area contributed by atoms with E-state index in [9.17, 15) is 14.9 Å². The summed E-state index contributed by atoms with van der Waals surface area (Å²) in [5, 5.41) is 21.4. The topological polar surface area (TPSA) is 111 Å². The molecule has 110 valence electrons. The molecule has 0 spiro atoms. The lowest BCUT2D eigenvalue weighted by atomic mass is 10.1. The van der Waals surface area contributed by atoms with Gasteiger partial charge in [0, 0.05) is 17.2 Å². The molecule has 0 saturated carbocycles. The number of amides is 1. The van der Waals surface area contributed by atoms with E-state index in [0.29, 0.717) is 10.8 Å². The third-order valence-electron chi connectivity index (χ3n) is 2.77. The zero-order chi connectivity index (χ0) is 15.4. The van der Waals surface area contributed by atoms with Gasteiger partial charge in [-0.2, -0.15) is 0 Å². The van der Waals surface area contributed by atoms with Crippen molar-refractivity contribution in [1.82, 2.24) is 15.5 Å². The Morgan fingerprint density at radius 2 is 2.24 bits per heavy atom. The Morgan fingerprint density at radius 1 is 1.48 bits per heavy atom. The summed E-state index contributed by atoms with van der Waals surface area (Å²) < 4.78 is 5.23. The standard InChI is InChI=1S/C12H12N4O4S/c1-7-8(4-3-5-9(7)16(18)19)11(17)13-6-10-14-15-12(20-10)21-2/h3-5H,6H2,1-2H3,(H,13,17). The lowest BCUT2D eigenvalue weighted by Gasteiger charge is -2.06. The number of nitrogens with one attached hydrogen (secondary N) is 1. The van der Waals surface area contributed by atoms with Gasteiger partial charge >= 0.3 is 0 Å². The SMILES string of the molecule is CSc1nnc(CNC(=O)c2cccc([N+](=O)[O-])c2C)o1. The van der Waals surface area contributed by atoms with Crippen LogP contribution < -0.4 is 5.32 Å². The lowest BCUT2D eigenvalue weighted by molar-refractivity contribution is -0.385. The molecule has 0 unspecified atom stereocenters. The van der Waals surface area contributed by atoms with E-state index < -0.39 is 10.8 Å². The number of benzene rings is 1. The van der Waals surface area contributed by atoms with Crippen molar-refractivity contribution in [3.63, 3.8) is 0 Å². The second-order valence-corrected chi connectivity index (χ2v) is 4.81. The van der Waals surface area contributed by atoms with Crippen LogP contribution in [0.3, 0.4) is 0 Å². The summed E-state index contributed by atoms with van der Waals surface area (Å²) in [4.78, 5) is 22.4. The molecule has 1 amide bonds. The summed E-state index contributed by atoms with van der Waals surface area (Å²) in [6.07, 6.45) is 1.79. The zero-order valence-electron chi connectivity index (χ0n) is 11.3. The maximum Gasteiger partial charge on any atom is 0.276 e. The van der Waals surface area contributed by atoms with Gasteiger partial charge in [0.05, 0.1) is 11.5 Å². The summed E-state index contributed by atoms with van der Waals surface area (Å²) >= 11 is 1.30. The minimum atomic E-state index is -0.519. The Bertz CT molecular complexity index is 686. The molecule has 0 atom stereocenters. The predicted octanol–water partition coefficient (Wildman–Crippen LogP) is 1.94. The number of rotatable bonds is 5. The first-order chi connectivity index (χ1) is 10.0. The van der Waals surface area contributed by atoms with Crippen molar-refractivity contribution in [1.29, 1.82) is 0 Å². The van der Waals surface area contributed by atoms with Gasteiger partial charge in [0.25, 0.3) is 16.8 Å². The van der Waals surface area contributed by atoms with Gasteiger partial charge in [-0.25, -0.2) is 0 Å². The van der Waals surface area contributed by atoms with Crippen molar-refractivity contribution in [3.05, 3.63) is 45.3 Å². The van der Waals surface area contributed by atoms with Crippen LogP contribution in [0.5, 0.6) is 0 Å². The van der Waals surface area contributed by atoms with Gasteiger partial charge in [-0.1, -0.05) is 17.8 Å². The lowest BCUT2D eigenvalue weighted by Crippen LogP contribution is -2.24. The fraction of sp³-hybridized carbons (Fsp3) is 0.250. The van der Waals surface area contributed by atoms with Gasteiger partial charge in [-0.05, 0) is 19.2 Å². The molecule has 0 radical (unpaired) electrons. The van der Waals surface area contributed by atoms with Crippen LogP contribution in [0.4, 0.5) is 5.69 Å². The number of aromatic nitrogens is 2. The number of nitrogens with zero attached hydrogens (tertiary/aromatic N) is 3. The van der Waals surface area contributed by atoms with E-state index >= 15 is 0 Å². The van der Waals surface area contributed by atoms with E-state index in [4.69, 9.17) is 4.42 Å². The zero-order valence-corrected chi connectivity index (χ0v) is 12.1. The number of nitro groups is 1. The fourth-order valence-corrected chi connectivity index (χ4v) is 2.01. The largest absolute Gasteiger partial charge is 0.414 e. The van der Waals surface area contributed by atoms with E-state index in [1.807, 2.05) is 0 Å². The summed E-state index contributed by atoms with van der Waals surface area (Å²) in [5.41, 5.74) is 0.467. The van der Waals surface area contributed by atoms with Crippen LogP contribution in [-0.4, -0.2) is 27.3 Å². The molecule has 1 aromatic heterocycles. The van der Waals surface area contributed by atoms with Crippen LogP contribution >= 0.6 is 11.8 Å². The third kappa shape index (κ3) is 3.37. The van der Waals surface area contributed by atoms with Gasteiger partial charge in [-0.15, -0.1) is 10.2 Å². The van der Waals surface area contributed by atoms with Crippen molar-refractivity contribution in [2.24, 2.45) is 0 Å². The van der Waals surface area contributed by atoms with Crippen LogP contribution in [0.2, 0.25) is 0 Å². The minimum absolute atomic E-state index is 0.0640. The summed E-state index contributed by atoms with van der Waals surface area (Å²) in [6, 6.07) is 4.35. The van der Waals surface area contributed by atoms with E-state index in [1.54, 1.807) is 6.26 Å². The first-order valence-electron chi connectivity index (χ1n) is 5.91.